The summed E-state index contributed by atoms with van der Waals surface area (Å²) in [5.74, 6) is 1.17. The molecule has 0 radical (unpaired) electrons. The van der Waals surface area contributed by atoms with Gasteiger partial charge in [0.05, 0.1) is 35.3 Å². The first-order valence-corrected chi connectivity index (χ1v) is 7.57. The normalized spacial score (nSPS) is 10.8. The molecule has 0 N–H and O–H groups in total. The van der Waals surface area contributed by atoms with Gasteiger partial charge in [-0.1, -0.05) is 0 Å². The maximum Gasteiger partial charge on any atom is 0.269 e. The predicted octanol–water partition coefficient (Wildman–Crippen LogP) is 4.44. The van der Waals surface area contributed by atoms with E-state index in [1.54, 1.807) is 25.3 Å². The van der Waals surface area contributed by atoms with Crippen molar-refractivity contribution in [1.82, 2.24) is 0 Å². The van der Waals surface area contributed by atoms with Gasteiger partial charge in [-0.2, -0.15) is 5.26 Å². The van der Waals surface area contributed by atoms with Gasteiger partial charge in [0, 0.05) is 17.7 Å². The van der Waals surface area contributed by atoms with E-state index >= 15 is 0 Å². The highest BCUT2D eigenvalue weighted by atomic mass is 79.9. The fourth-order valence-corrected chi connectivity index (χ4v) is 2.58. The van der Waals surface area contributed by atoms with Crippen LogP contribution in [0.15, 0.2) is 40.9 Å². The molecule has 6 nitrogen and oxygen atoms in total. The van der Waals surface area contributed by atoms with Crippen molar-refractivity contribution in [1.29, 1.82) is 5.26 Å². The predicted molar refractivity (Wildman–Crippen MR) is 93.8 cm³/mol. The van der Waals surface area contributed by atoms with E-state index in [2.05, 4.69) is 22.0 Å². The number of hydrogen-bond acceptors (Lipinski definition) is 5. The fraction of sp³-hybridized carbons (Fsp3) is 0.118. The van der Waals surface area contributed by atoms with Crippen molar-refractivity contribution >= 4 is 33.3 Å². The number of methoxy groups -OCH3 is 2. The maximum absolute atomic E-state index is 10.7. The van der Waals surface area contributed by atoms with Crippen molar-refractivity contribution in [3.8, 4) is 17.6 Å². The Morgan fingerprint density at radius 3 is 2.33 bits per heavy atom. The van der Waals surface area contributed by atoms with E-state index < -0.39 is 4.92 Å². The number of allylic oxidation sites excluding steroid dienone is 1. The van der Waals surface area contributed by atoms with E-state index in [1.165, 1.54) is 31.4 Å². The van der Waals surface area contributed by atoms with Gasteiger partial charge in [0.1, 0.15) is 11.5 Å². The molecule has 0 saturated carbocycles. The molecule has 0 aliphatic rings. The molecule has 0 spiro atoms. The smallest absolute Gasteiger partial charge is 0.269 e. The van der Waals surface area contributed by atoms with Gasteiger partial charge in [-0.25, -0.2) is 0 Å². The lowest BCUT2D eigenvalue weighted by Gasteiger charge is -2.10. The molecule has 2 aromatic rings. The Morgan fingerprint density at radius 1 is 1.21 bits per heavy atom. The maximum atomic E-state index is 10.7. The van der Waals surface area contributed by atoms with E-state index in [0.29, 0.717) is 28.2 Å². The fourth-order valence-electron chi connectivity index (χ4n) is 2.10. The number of nitro groups is 1. The molecule has 0 amide bonds. The zero-order valence-corrected chi connectivity index (χ0v) is 14.5. The van der Waals surface area contributed by atoms with Gasteiger partial charge in [0.25, 0.3) is 5.69 Å². The van der Waals surface area contributed by atoms with Crippen LogP contribution in [0.3, 0.4) is 0 Å². The summed E-state index contributed by atoms with van der Waals surface area (Å²) in [4.78, 5) is 10.2. The topological polar surface area (TPSA) is 85.4 Å². The van der Waals surface area contributed by atoms with Crippen molar-refractivity contribution < 1.29 is 14.4 Å². The number of non-ortho nitro benzene ring substituents is 1. The second-order valence-electron chi connectivity index (χ2n) is 4.70. The minimum atomic E-state index is -0.484. The van der Waals surface area contributed by atoms with E-state index in [4.69, 9.17) is 9.47 Å². The third-order valence-electron chi connectivity index (χ3n) is 3.31. The van der Waals surface area contributed by atoms with Crippen LogP contribution >= 0.6 is 15.9 Å². The summed E-state index contributed by atoms with van der Waals surface area (Å²) < 4.78 is 11.3. The summed E-state index contributed by atoms with van der Waals surface area (Å²) in [6.07, 6.45) is 1.65. The van der Waals surface area contributed by atoms with Crippen LogP contribution in [0.1, 0.15) is 11.1 Å². The summed E-state index contributed by atoms with van der Waals surface area (Å²) in [7, 11) is 3.07. The number of hydrogen-bond donors (Lipinski definition) is 0. The van der Waals surface area contributed by atoms with Gasteiger partial charge >= 0.3 is 0 Å². The summed E-state index contributed by atoms with van der Waals surface area (Å²) in [5, 5.41) is 20.2. The molecule has 0 aliphatic heterocycles. The Kier molecular flexibility index (Phi) is 5.55. The SMILES string of the molecule is COc1cc(C=C(C#N)c2ccc([N+](=O)[O-])cc2)c(OC)cc1Br. The minimum absolute atomic E-state index is 0.0288. The van der Waals surface area contributed by atoms with Gasteiger partial charge in [-0.3, -0.25) is 10.1 Å². The average Bonchev–Trinajstić information content (AvgIpc) is 2.60. The summed E-state index contributed by atoms with van der Waals surface area (Å²) in [6.45, 7) is 0. The number of nitro benzene ring substituents is 1. The quantitative estimate of drug-likeness (QED) is 0.327. The van der Waals surface area contributed by atoms with Crippen LogP contribution < -0.4 is 9.47 Å². The highest BCUT2D eigenvalue weighted by Gasteiger charge is 2.11. The molecule has 7 heteroatoms. The molecule has 2 aromatic carbocycles. The largest absolute Gasteiger partial charge is 0.496 e. The zero-order chi connectivity index (χ0) is 17.7. The lowest BCUT2D eigenvalue weighted by Crippen LogP contribution is -1.92. The van der Waals surface area contributed by atoms with Crippen LogP contribution in [0.25, 0.3) is 11.6 Å². The van der Waals surface area contributed by atoms with Gasteiger partial charge in [0.15, 0.2) is 0 Å². The first-order valence-electron chi connectivity index (χ1n) is 6.78. The Balaban J connectivity index is 2.51. The number of benzene rings is 2. The molecule has 0 bridgehead atoms. The number of nitriles is 1. The van der Waals surface area contributed by atoms with Gasteiger partial charge in [0.2, 0.25) is 0 Å². The first-order chi connectivity index (χ1) is 11.5. The molecule has 0 unspecified atom stereocenters. The van der Waals surface area contributed by atoms with Gasteiger partial charge in [-0.05, 0) is 51.8 Å². The molecule has 0 fully saturated rings. The van der Waals surface area contributed by atoms with Crippen molar-refractivity contribution in [2.24, 2.45) is 0 Å². The van der Waals surface area contributed by atoms with Crippen molar-refractivity contribution in [3.05, 3.63) is 62.1 Å². The average molecular weight is 389 g/mol. The number of ether oxygens (including phenoxy) is 2. The van der Waals surface area contributed by atoms with Crippen LogP contribution in [0.5, 0.6) is 11.5 Å². The second-order valence-corrected chi connectivity index (χ2v) is 5.56. The molecule has 0 aliphatic carbocycles. The van der Waals surface area contributed by atoms with Crippen LogP contribution in [-0.4, -0.2) is 19.1 Å². The van der Waals surface area contributed by atoms with E-state index in [1.807, 2.05) is 0 Å². The number of rotatable bonds is 5. The third kappa shape index (κ3) is 3.73. The summed E-state index contributed by atoms with van der Waals surface area (Å²) in [5.41, 5.74) is 1.56. The molecular weight excluding hydrogens is 376 g/mol. The molecule has 0 atom stereocenters. The summed E-state index contributed by atoms with van der Waals surface area (Å²) in [6, 6.07) is 11.4. The minimum Gasteiger partial charge on any atom is -0.496 e. The van der Waals surface area contributed by atoms with Crippen LogP contribution in [0, 0.1) is 21.4 Å². The lowest BCUT2D eigenvalue weighted by atomic mass is 10.0. The Bertz CT molecular complexity index is 839. The van der Waals surface area contributed by atoms with Crippen LogP contribution in [0.4, 0.5) is 5.69 Å². The van der Waals surface area contributed by atoms with Crippen LogP contribution in [-0.2, 0) is 0 Å². The van der Waals surface area contributed by atoms with Gasteiger partial charge < -0.3 is 9.47 Å². The number of nitrogens with zero attached hydrogens (tertiary/aromatic N) is 2. The molecule has 0 aromatic heterocycles. The monoisotopic (exact) mass is 388 g/mol. The van der Waals surface area contributed by atoms with E-state index in [0.717, 1.165) is 4.47 Å². The zero-order valence-electron chi connectivity index (χ0n) is 12.9. The first kappa shape index (κ1) is 17.5. The van der Waals surface area contributed by atoms with Crippen molar-refractivity contribution in [3.63, 3.8) is 0 Å². The highest BCUT2D eigenvalue weighted by Crippen LogP contribution is 2.34. The van der Waals surface area contributed by atoms with E-state index in [9.17, 15) is 15.4 Å². The summed E-state index contributed by atoms with van der Waals surface area (Å²) >= 11 is 3.38. The molecule has 2 rings (SSSR count). The van der Waals surface area contributed by atoms with Crippen molar-refractivity contribution in [2.45, 2.75) is 0 Å². The van der Waals surface area contributed by atoms with Gasteiger partial charge in [-0.15, -0.1) is 0 Å². The molecular formula is C17H13BrN2O4. The van der Waals surface area contributed by atoms with E-state index in [-0.39, 0.29) is 5.69 Å². The lowest BCUT2D eigenvalue weighted by molar-refractivity contribution is -0.384. The third-order valence-corrected chi connectivity index (χ3v) is 3.93. The highest BCUT2D eigenvalue weighted by molar-refractivity contribution is 9.10. The molecule has 0 saturated heterocycles. The molecule has 0 heterocycles. The Morgan fingerprint density at radius 2 is 1.83 bits per heavy atom. The van der Waals surface area contributed by atoms with Crippen molar-refractivity contribution in [2.75, 3.05) is 14.2 Å². The second kappa shape index (κ2) is 7.62. The standard InChI is InChI=1S/C17H13BrN2O4/c1-23-16-9-15(18)17(24-2)8-12(16)7-13(10-19)11-3-5-14(6-4-11)20(21)22/h3-9H,1-2H3. The number of halogens is 1. The molecule has 24 heavy (non-hydrogen) atoms. The Labute approximate surface area is 147 Å². The van der Waals surface area contributed by atoms with Crippen LogP contribution in [0.2, 0.25) is 0 Å². The molecule has 122 valence electrons. The Hall–Kier alpha value is -2.85.